The van der Waals surface area contributed by atoms with E-state index in [9.17, 15) is 9.18 Å². The van der Waals surface area contributed by atoms with Crippen molar-refractivity contribution in [2.45, 2.75) is 39.5 Å². The van der Waals surface area contributed by atoms with Crippen LogP contribution in [-0.4, -0.2) is 19.0 Å². The average molecular weight is 293 g/mol. The van der Waals surface area contributed by atoms with E-state index in [1.807, 2.05) is 4.90 Å². The lowest BCUT2D eigenvalue weighted by Gasteiger charge is -2.42. The zero-order valence-electron chi connectivity index (χ0n) is 12.8. The molecule has 4 nitrogen and oxygen atoms in total. The van der Waals surface area contributed by atoms with Crippen LogP contribution < -0.4 is 16.4 Å². The summed E-state index contributed by atoms with van der Waals surface area (Å²) in [6.07, 6.45) is 4.37. The number of anilines is 2. The quantitative estimate of drug-likeness (QED) is 0.838. The summed E-state index contributed by atoms with van der Waals surface area (Å²) < 4.78 is 14.2. The van der Waals surface area contributed by atoms with Crippen LogP contribution >= 0.6 is 0 Å². The lowest BCUT2D eigenvalue weighted by Crippen LogP contribution is -2.40. The molecule has 2 rings (SSSR count). The normalized spacial score (nSPS) is 17.8. The monoisotopic (exact) mass is 293 g/mol. The number of carbonyl (C=O) groups is 1. The van der Waals surface area contributed by atoms with Gasteiger partial charge in [0.2, 0.25) is 0 Å². The maximum absolute atomic E-state index is 14.2. The molecule has 1 saturated heterocycles. The largest absolute Gasteiger partial charge is 0.398 e. The maximum Gasteiger partial charge on any atom is 0.250 e. The van der Waals surface area contributed by atoms with Gasteiger partial charge in [0.1, 0.15) is 5.82 Å². The standard InChI is InChI=1S/C16H24FN3O/c1-3-16(4-2)5-7-20(8-6-16)14-9-11(15(19)21)13(18)10-12(14)17/h9-10H,3-8,18H2,1-2H3,(H2,19,21). The van der Waals surface area contributed by atoms with Crippen molar-refractivity contribution in [1.29, 1.82) is 0 Å². The van der Waals surface area contributed by atoms with Gasteiger partial charge in [0.15, 0.2) is 0 Å². The molecule has 0 unspecified atom stereocenters. The molecule has 0 saturated carbocycles. The zero-order chi connectivity index (χ0) is 15.6. The molecule has 0 radical (unpaired) electrons. The van der Waals surface area contributed by atoms with Crippen molar-refractivity contribution in [2.75, 3.05) is 23.7 Å². The molecule has 5 heteroatoms. The summed E-state index contributed by atoms with van der Waals surface area (Å²) >= 11 is 0. The number of nitrogens with two attached hydrogens (primary N) is 2. The van der Waals surface area contributed by atoms with Gasteiger partial charge in [0.25, 0.3) is 5.91 Å². The molecule has 1 aromatic rings. The number of hydrogen-bond acceptors (Lipinski definition) is 3. The van der Waals surface area contributed by atoms with E-state index in [1.165, 1.54) is 12.1 Å². The van der Waals surface area contributed by atoms with Gasteiger partial charge >= 0.3 is 0 Å². The molecule has 116 valence electrons. The molecule has 0 atom stereocenters. The summed E-state index contributed by atoms with van der Waals surface area (Å²) in [5.74, 6) is -1.01. The van der Waals surface area contributed by atoms with E-state index in [0.717, 1.165) is 38.8 Å². The molecule has 1 aliphatic rings. The number of piperidine rings is 1. The van der Waals surface area contributed by atoms with E-state index in [-0.39, 0.29) is 11.3 Å². The van der Waals surface area contributed by atoms with Crippen LogP contribution in [0.3, 0.4) is 0 Å². The summed E-state index contributed by atoms with van der Waals surface area (Å²) in [6.45, 7) is 6.02. The van der Waals surface area contributed by atoms with Crippen LogP contribution in [0.1, 0.15) is 49.9 Å². The van der Waals surface area contributed by atoms with Gasteiger partial charge in [-0.3, -0.25) is 4.79 Å². The van der Waals surface area contributed by atoms with Crippen molar-refractivity contribution in [3.8, 4) is 0 Å². The predicted molar refractivity (Wildman–Crippen MR) is 83.8 cm³/mol. The molecule has 0 spiro atoms. The molecule has 0 aromatic heterocycles. The second kappa shape index (κ2) is 5.92. The van der Waals surface area contributed by atoms with E-state index >= 15 is 0 Å². The third-order valence-electron chi connectivity index (χ3n) is 5.05. The number of hydrogen-bond donors (Lipinski definition) is 2. The van der Waals surface area contributed by atoms with Crippen LogP contribution in [0.25, 0.3) is 0 Å². The minimum atomic E-state index is -0.623. The Morgan fingerprint density at radius 1 is 1.29 bits per heavy atom. The van der Waals surface area contributed by atoms with Gasteiger partial charge in [-0.15, -0.1) is 0 Å². The molecule has 1 aliphatic heterocycles. The highest BCUT2D eigenvalue weighted by molar-refractivity contribution is 5.99. The first-order valence-corrected chi connectivity index (χ1v) is 7.56. The molecule has 0 aliphatic carbocycles. The Morgan fingerprint density at radius 3 is 2.33 bits per heavy atom. The van der Waals surface area contributed by atoms with Gasteiger partial charge < -0.3 is 16.4 Å². The Kier molecular flexibility index (Phi) is 4.40. The van der Waals surface area contributed by atoms with Gasteiger partial charge in [0.05, 0.1) is 11.3 Å². The number of carbonyl (C=O) groups excluding carboxylic acids is 1. The van der Waals surface area contributed by atoms with E-state index in [1.54, 1.807) is 0 Å². The van der Waals surface area contributed by atoms with Crippen LogP contribution in [0.15, 0.2) is 12.1 Å². The average Bonchev–Trinajstić information content (AvgIpc) is 2.47. The van der Waals surface area contributed by atoms with Gasteiger partial charge in [0, 0.05) is 18.8 Å². The Hall–Kier alpha value is -1.78. The Balaban J connectivity index is 2.24. The van der Waals surface area contributed by atoms with Crippen LogP contribution in [0.4, 0.5) is 15.8 Å². The summed E-state index contributed by atoms with van der Waals surface area (Å²) in [5.41, 5.74) is 12.0. The Bertz CT molecular complexity index is 531. The fourth-order valence-electron chi connectivity index (χ4n) is 3.21. The molecule has 1 aromatic carbocycles. The molecule has 1 fully saturated rings. The van der Waals surface area contributed by atoms with Crippen molar-refractivity contribution >= 4 is 17.3 Å². The SMILES string of the molecule is CCC1(CC)CCN(c2cc(C(N)=O)c(N)cc2F)CC1. The summed E-state index contributed by atoms with van der Waals surface area (Å²) in [4.78, 5) is 13.4. The third-order valence-corrected chi connectivity index (χ3v) is 5.05. The van der Waals surface area contributed by atoms with Gasteiger partial charge in [-0.05, 0) is 30.4 Å². The van der Waals surface area contributed by atoms with E-state index in [2.05, 4.69) is 13.8 Å². The van der Waals surface area contributed by atoms with Crippen molar-refractivity contribution < 1.29 is 9.18 Å². The predicted octanol–water partition coefficient (Wildman–Crippen LogP) is 2.91. The van der Waals surface area contributed by atoms with Gasteiger partial charge in [-0.25, -0.2) is 4.39 Å². The number of rotatable bonds is 4. The molecule has 4 N–H and O–H groups in total. The van der Waals surface area contributed by atoms with Crippen molar-refractivity contribution in [1.82, 2.24) is 0 Å². The van der Waals surface area contributed by atoms with Crippen LogP contribution in [-0.2, 0) is 0 Å². The highest BCUT2D eigenvalue weighted by atomic mass is 19.1. The summed E-state index contributed by atoms with van der Waals surface area (Å²) in [7, 11) is 0. The topological polar surface area (TPSA) is 72.3 Å². The lowest BCUT2D eigenvalue weighted by atomic mass is 9.74. The number of primary amides is 1. The van der Waals surface area contributed by atoms with Crippen molar-refractivity contribution in [3.05, 3.63) is 23.5 Å². The number of halogens is 1. The summed E-state index contributed by atoms with van der Waals surface area (Å²) in [6, 6.07) is 2.68. The molecule has 1 amide bonds. The smallest absolute Gasteiger partial charge is 0.250 e. The van der Waals surface area contributed by atoms with Crippen LogP contribution in [0.5, 0.6) is 0 Å². The Labute approximate surface area is 125 Å². The molecule has 1 heterocycles. The van der Waals surface area contributed by atoms with Crippen molar-refractivity contribution in [2.24, 2.45) is 11.1 Å². The van der Waals surface area contributed by atoms with E-state index in [4.69, 9.17) is 11.5 Å². The van der Waals surface area contributed by atoms with E-state index < -0.39 is 11.7 Å². The van der Waals surface area contributed by atoms with Gasteiger partial charge in [-0.2, -0.15) is 0 Å². The fraction of sp³-hybridized carbons (Fsp3) is 0.562. The minimum Gasteiger partial charge on any atom is -0.398 e. The maximum atomic E-state index is 14.2. The third kappa shape index (κ3) is 2.96. The number of nitrogens with zero attached hydrogens (tertiary/aromatic N) is 1. The first-order valence-electron chi connectivity index (χ1n) is 7.56. The lowest BCUT2D eigenvalue weighted by molar-refractivity contribution is 0.100. The van der Waals surface area contributed by atoms with Crippen molar-refractivity contribution in [3.63, 3.8) is 0 Å². The highest BCUT2D eigenvalue weighted by Crippen LogP contribution is 2.39. The number of amides is 1. The Morgan fingerprint density at radius 2 is 1.86 bits per heavy atom. The number of benzene rings is 1. The molecule has 21 heavy (non-hydrogen) atoms. The second-order valence-electron chi connectivity index (χ2n) is 5.95. The highest BCUT2D eigenvalue weighted by Gasteiger charge is 2.32. The van der Waals surface area contributed by atoms with E-state index in [0.29, 0.717) is 11.1 Å². The first kappa shape index (κ1) is 15.6. The first-order chi connectivity index (χ1) is 9.92. The second-order valence-corrected chi connectivity index (χ2v) is 5.95. The summed E-state index contributed by atoms with van der Waals surface area (Å²) in [5, 5.41) is 0. The molecule has 0 bridgehead atoms. The van der Waals surface area contributed by atoms with Crippen LogP contribution in [0.2, 0.25) is 0 Å². The molecular weight excluding hydrogens is 269 g/mol. The van der Waals surface area contributed by atoms with Gasteiger partial charge in [-0.1, -0.05) is 26.7 Å². The van der Waals surface area contributed by atoms with Crippen LogP contribution in [0, 0.1) is 11.2 Å². The molecular formula is C16H24FN3O. The zero-order valence-corrected chi connectivity index (χ0v) is 12.8. The minimum absolute atomic E-state index is 0.0947. The number of nitrogen functional groups attached to an aromatic ring is 1. The fourth-order valence-corrected chi connectivity index (χ4v) is 3.21.